The highest BCUT2D eigenvalue weighted by Gasteiger charge is 2.63. The summed E-state index contributed by atoms with van der Waals surface area (Å²) in [5, 5.41) is 45.2. The van der Waals surface area contributed by atoms with E-state index in [4.69, 9.17) is 10.5 Å². The number of ether oxygens (including phenoxy) is 1. The highest BCUT2D eigenvalue weighted by atomic mass is 16.5. The lowest BCUT2D eigenvalue weighted by atomic mass is 9.58. The number of likely N-dealkylation sites (tertiary alicyclic amines) is 1. The third-order valence-corrected chi connectivity index (χ3v) is 10.1. The number of phenolic OH excluding ortho intramolecular Hbond substituents is 1. The lowest BCUT2D eigenvalue weighted by Crippen LogP contribution is -2.63. The predicted octanol–water partition coefficient (Wildman–Crippen LogP) is 1.36. The summed E-state index contributed by atoms with van der Waals surface area (Å²) in [7, 11) is 4.73. The second-order valence-electron chi connectivity index (χ2n) is 12.5. The van der Waals surface area contributed by atoms with Gasteiger partial charge in [0.25, 0.3) is 5.91 Å². The van der Waals surface area contributed by atoms with Crippen LogP contribution >= 0.6 is 0 Å². The number of aliphatic hydroxyl groups is 3. The number of nitrogens with zero attached hydrogens (tertiary/aromatic N) is 2. The summed E-state index contributed by atoms with van der Waals surface area (Å²) in [5.74, 6) is -4.76. The number of methoxy groups -OCH3 is 1. The minimum atomic E-state index is -2.65. The van der Waals surface area contributed by atoms with Crippen LogP contribution in [0, 0.1) is 23.7 Å². The molecular formula is C30H37N3O8. The molecule has 6 atom stereocenters. The van der Waals surface area contributed by atoms with E-state index in [0.717, 1.165) is 18.7 Å². The number of hydrogen-bond acceptors (Lipinski definition) is 10. The molecule has 11 heteroatoms. The molecule has 5 aliphatic rings. The summed E-state index contributed by atoms with van der Waals surface area (Å²) in [6, 6.07) is 0.499. The average molecular weight is 568 g/mol. The third kappa shape index (κ3) is 3.85. The summed E-state index contributed by atoms with van der Waals surface area (Å²) >= 11 is 0. The summed E-state index contributed by atoms with van der Waals surface area (Å²) in [6.07, 6.45) is 3.97. The normalized spacial score (nSPS) is 33.1. The topological polar surface area (TPSA) is 174 Å². The SMILES string of the molecule is COc1c(CN2CC3CCCC3C2)cc(O)c2c1C[C@H]1C[C@H]3[C@H](N(C)C)C(O)=C(C(N)=O)C(=O)[C@@]3(O)C(O)=C1C2=O. The molecule has 0 spiro atoms. The number of rotatable bonds is 5. The van der Waals surface area contributed by atoms with Crippen molar-refractivity contribution in [2.24, 2.45) is 29.4 Å². The summed E-state index contributed by atoms with van der Waals surface area (Å²) < 4.78 is 5.84. The fourth-order valence-electron chi connectivity index (χ4n) is 8.44. The van der Waals surface area contributed by atoms with E-state index in [1.165, 1.54) is 37.3 Å². The number of fused-ring (bicyclic) bond motifs is 4. The highest BCUT2D eigenvalue weighted by Crippen LogP contribution is 2.53. The largest absolute Gasteiger partial charge is 0.510 e. The van der Waals surface area contributed by atoms with Gasteiger partial charge in [-0.3, -0.25) is 24.2 Å². The summed E-state index contributed by atoms with van der Waals surface area (Å²) in [5.41, 5.74) is 2.98. The van der Waals surface area contributed by atoms with E-state index in [1.54, 1.807) is 14.1 Å². The Morgan fingerprint density at radius 3 is 2.41 bits per heavy atom. The first kappa shape index (κ1) is 27.7. The zero-order chi connectivity index (χ0) is 29.5. The quantitative estimate of drug-likeness (QED) is 0.327. The Morgan fingerprint density at radius 1 is 1.17 bits per heavy atom. The second-order valence-corrected chi connectivity index (χ2v) is 12.5. The summed E-state index contributed by atoms with van der Waals surface area (Å²) in [6.45, 7) is 2.54. The maximum Gasteiger partial charge on any atom is 0.255 e. The molecule has 2 fully saturated rings. The molecule has 220 valence electrons. The number of likely N-dealkylation sites (N-methyl/N-ethyl adjacent to an activating group) is 1. The molecular weight excluding hydrogens is 530 g/mol. The molecule has 1 aromatic rings. The Labute approximate surface area is 237 Å². The third-order valence-electron chi connectivity index (χ3n) is 10.1. The number of primary amides is 1. The number of allylic oxidation sites excluding steroid dienone is 1. The van der Waals surface area contributed by atoms with Crippen molar-refractivity contribution in [3.8, 4) is 11.5 Å². The molecule has 0 bridgehead atoms. The molecule has 1 heterocycles. The fourth-order valence-corrected chi connectivity index (χ4v) is 8.44. The van der Waals surface area contributed by atoms with Crippen LogP contribution in [0.1, 0.15) is 47.2 Å². The number of benzene rings is 1. The zero-order valence-corrected chi connectivity index (χ0v) is 23.5. The van der Waals surface area contributed by atoms with E-state index in [2.05, 4.69) is 4.90 Å². The Balaban J connectivity index is 1.43. The lowest BCUT2D eigenvalue weighted by Gasteiger charge is -2.50. The molecule has 1 saturated heterocycles. The maximum atomic E-state index is 13.9. The number of carbonyl (C=O) groups excluding carboxylic acids is 3. The average Bonchev–Trinajstić information content (AvgIpc) is 3.48. The molecule has 1 saturated carbocycles. The molecule has 1 aliphatic heterocycles. The van der Waals surface area contributed by atoms with Gasteiger partial charge in [-0.15, -0.1) is 0 Å². The molecule has 2 unspecified atom stereocenters. The first-order chi connectivity index (χ1) is 19.4. The van der Waals surface area contributed by atoms with Crippen LogP contribution < -0.4 is 10.5 Å². The van der Waals surface area contributed by atoms with Crippen LogP contribution in [0.5, 0.6) is 11.5 Å². The lowest BCUT2D eigenvalue weighted by molar-refractivity contribution is -0.148. The number of phenols is 1. The van der Waals surface area contributed by atoms with Crippen LogP contribution in [0.15, 0.2) is 28.7 Å². The van der Waals surface area contributed by atoms with Crippen LogP contribution in [0.2, 0.25) is 0 Å². The number of aromatic hydroxyl groups is 1. The number of aliphatic hydroxyl groups excluding tert-OH is 2. The van der Waals surface area contributed by atoms with Gasteiger partial charge in [-0.05, 0) is 63.6 Å². The minimum absolute atomic E-state index is 0.0371. The van der Waals surface area contributed by atoms with Gasteiger partial charge in [0.15, 0.2) is 11.4 Å². The first-order valence-corrected chi connectivity index (χ1v) is 14.2. The molecule has 0 aromatic heterocycles. The summed E-state index contributed by atoms with van der Waals surface area (Å²) in [4.78, 5) is 43.4. The molecule has 11 nitrogen and oxygen atoms in total. The Morgan fingerprint density at radius 2 is 1.83 bits per heavy atom. The molecule has 1 amide bonds. The van der Waals surface area contributed by atoms with E-state index in [0.29, 0.717) is 29.7 Å². The smallest absolute Gasteiger partial charge is 0.255 e. The number of Topliss-reactive ketones (excluding diaryl/α,β-unsaturated/α-hetero) is 2. The van der Waals surface area contributed by atoms with Crippen molar-refractivity contribution in [2.45, 2.75) is 50.3 Å². The molecule has 6 N–H and O–H groups in total. The number of carbonyl (C=O) groups is 3. The van der Waals surface area contributed by atoms with Gasteiger partial charge in [0.2, 0.25) is 5.78 Å². The van der Waals surface area contributed by atoms with E-state index in [9.17, 15) is 34.8 Å². The Bertz CT molecular complexity index is 1420. The first-order valence-electron chi connectivity index (χ1n) is 14.2. The number of hydrogen-bond donors (Lipinski definition) is 5. The second kappa shape index (κ2) is 9.57. The Kier molecular flexibility index (Phi) is 6.48. The Hall–Kier alpha value is -3.41. The van der Waals surface area contributed by atoms with Crippen molar-refractivity contribution >= 4 is 17.5 Å². The van der Waals surface area contributed by atoms with Crippen molar-refractivity contribution in [1.29, 1.82) is 0 Å². The number of ketones is 2. The number of amides is 1. The molecule has 0 radical (unpaired) electrons. The van der Waals surface area contributed by atoms with Crippen LogP contribution in [0.4, 0.5) is 0 Å². The predicted molar refractivity (Wildman–Crippen MR) is 146 cm³/mol. The maximum absolute atomic E-state index is 13.9. The van der Waals surface area contributed by atoms with E-state index < -0.39 is 58.0 Å². The standard InChI is InChI=1S/C30H37N3O8/c1-32(2)23-18-8-15-7-17-21(24(35)20(15)27(37)30(18,40)28(38)22(25(23)36)29(31)39)19(34)9-16(26(17)41-3)12-33-10-13-5-4-6-14(13)11-33/h9,13-15,18,23,34,36-37,40H,4-8,10-12H2,1-3H3,(H2,31,39)/t13?,14?,15-,18-,23-,30-/m0/s1. The molecule has 6 rings (SSSR count). The van der Waals surface area contributed by atoms with Gasteiger partial charge in [0.05, 0.1) is 18.7 Å². The van der Waals surface area contributed by atoms with E-state index >= 15 is 0 Å². The van der Waals surface area contributed by atoms with Crippen molar-refractivity contribution in [3.63, 3.8) is 0 Å². The van der Waals surface area contributed by atoms with Crippen LogP contribution in [-0.2, 0) is 22.6 Å². The van der Waals surface area contributed by atoms with E-state index in [1.807, 2.05) is 0 Å². The highest BCUT2D eigenvalue weighted by molar-refractivity contribution is 6.24. The molecule has 1 aromatic carbocycles. The molecule has 4 aliphatic carbocycles. The van der Waals surface area contributed by atoms with Gasteiger partial charge in [0.1, 0.15) is 28.6 Å². The van der Waals surface area contributed by atoms with Gasteiger partial charge < -0.3 is 30.9 Å². The molecule has 41 heavy (non-hydrogen) atoms. The monoisotopic (exact) mass is 567 g/mol. The van der Waals surface area contributed by atoms with Crippen LogP contribution in [-0.4, -0.2) is 93.6 Å². The van der Waals surface area contributed by atoms with Crippen molar-refractivity contribution in [1.82, 2.24) is 9.80 Å². The van der Waals surface area contributed by atoms with Crippen molar-refractivity contribution in [2.75, 3.05) is 34.3 Å². The van der Waals surface area contributed by atoms with Gasteiger partial charge in [-0.25, -0.2) is 0 Å². The number of nitrogens with two attached hydrogens (primary N) is 1. The van der Waals surface area contributed by atoms with E-state index in [-0.39, 0.29) is 29.7 Å². The van der Waals surface area contributed by atoms with Crippen LogP contribution in [0.25, 0.3) is 0 Å². The van der Waals surface area contributed by atoms with Crippen LogP contribution in [0.3, 0.4) is 0 Å². The minimum Gasteiger partial charge on any atom is -0.510 e. The van der Waals surface area contributed by atoms with Gasteiger partial charge in [0, 0.05) is 42.3 Å². The fraction of sp³-hybridized carbons (Fsp3) is 0.567. The van der Waals surface area contributed by atoms with Gasteiger partial charge in [-0.1, -0.05) is 6.42 Å². The van der Waals surface area contributed by atoms with Gasteiger partial charge in [-0.2, -0.15) is 0 Å². The van der Waals surface area contributed by atoms with Crippen molar-refractivity contribution in [3.05, 3.63) is 45.4 Å². The van der Waals surface area contributed by atoms with Gasteiger partial charge >= 0.3 is 0 Å². The zero-order valence-electron chi connectivity index (χ0n) is 23.5. The van der Waals surface area contributed by atoms with Crippen molar-refractivity contribution < 1.29 is 39.5 Å².